The molecule has 4 fully saturated rings. The molecule has 6 rings (SSSR count). The van der Waals surface area contributed by atoms with Crippen LogP contribution in [0.15, 0.2) is 23.1 Å². The summed E-state index contributed by atoms with van der Waals surface area (Å²) in [6.07, 6.45) is 7.47. The molecule has 5 heteroatoms. The number of halogens is 1. The van der Waals surface area contributed by atoms with Crippen molar-refractivity contribution in [3.63, 3.8) is 0 Å². The van der Waals surface area contributed by atoms with E-state index in [-0.39, 0.29) is 17.9 Å². The minimum absolute atomic E-state index is 0.0652. The molecule has 1 heterocycles. The second kappa shape index (κ2) is 6.19. The van der Waals surface area contributed by atoms with Crippen LogP contribution in [0.3, 0.4) is 0 Å². The van der Waals surface area contributed by atoms with Gasteiger partial charge in [0.1, 0.15) is 5.82 Å². The molecule has 2 N–H and O–H groups in total. The molecule has 134 valence electrons. The summed E-state index contributed by atoms with van der Waals surface area (Å²) in [6, 6.07) is 5.39. The van der Waals surface area contributed by atoms with Crippen molar-refractivity contribution in [1.29, 1.82) is 0 Å². The van der Waals surface area contributed by atoms with E-state index in [4.69, 9.17) is 0 Å². The van der Waals surface area contributed by atoms with Gasteiger partial charge in [0.25, 0.3) is 0 Å². The summed E-state index contributed by atoms with van der Waals surface area (Å²) in [6.45, 7) is 0. The van der Waals surface area contributed by atoms with Gasteiger partial charge in [-0.1, -0.05) is 12.1 Å². The lowest BCUT2D eigenvalue weighted by Crippen LogP contribution is -2.57. The third kappa shape index (κ3) is 2.84. The number of hydrogen-bond donors (Lipinski definition) is 2. The van der Waals surface area contributed by atoms with Crippen molar-refractivity contribution in [1.82, 2.24) is 10.6 Å². The highest BCUT2D eigenvalue weighted by Crippen LogP contribution is 2.53. The molecular formula is C20H25FN2OS. The van der Waals surface area contributed by atoms with Crippen LogP contribution >= 0.6 is 11.8 Å². The Balaban J connectivity index is 1.27. The third-order valence-corrected chi connectivity index (χ3v) is 8.01. The summed E-state index contributed by atoms with van der Waals surface area (Å²) in [5.74, 6) is 3.84. The molecule has 2 amide bonds. The molecule has 0 aromatic heterocycles. The first kappa shape index (κ1) is 16.0. The molecule has 1 atom stereocenters. The molecule has 1 aromatic rings. The number of carbonyl (C=O) groups excluding carboxylic acids is 1. The Morgan fingerprint density at radius 2 is 1.76 bits per heavy atom. The highest BCUT2D eigenvalue weighted by molar-refractivity contribution is 7.99. The predicted octanol–water partition coefficient (Wildman–Crippen LogP) is 4.49. The number of rotatable bonds is 2. The van der Waals surface area contributed by atoms with Crippen LogP contribution in [0.4, 0.5) is 9.18 Å². The van der Waals surface area contributed by atoms with Crippen molar-refractivity contribution >= 4 is 17.8 Å². The quantitative estimate of drug-likeness (QED) is 0.816. The maximum Gasteiger partial charge on any atom is 0.315 e. The molecule has 5 aliphatic rings. The van der Waals surface area contributed by atoms with Gasteiger partial charge in [-0.3, -0.25) is 0 Å². The summed E-state index contributed by atoms with van der Waals surface area (Å²) in [5, 5.41) is 6.44. The maximum absolute atomic E-state index is 14.0. The normalized spacial score (nSPS) is 38.3. The number of urea groups is 1. The molecule has 1 aromatic carbocycles. The Kier molecular flexibility index (Phi) is 3.95. The van der Waals surface area contributed by atoms with Crippen molar-refractivity contribution in [3.8, 4) is 0 Å². The topological polar surface area (TPSA) is 41.1 Å². The van der Waals surface area contributed by atoms with Gasteiger partial charge in [0.2, 0.25) is 0 Å². The van der Waals surface area contributed by atoms with Gasteiger partial charge in [0.05, 0.1) is 6.04 Å². The average Bonchev–Trinajstić information content (AvgIpc) is 2.58. The number of carbonyl (C=O) groups is 1. The Morgan fingerprint density at radius 3 is 2.48 bits per heavy atom. The first-order chi connectivity index (χ1) is 12.2. The lowest BCUT2D eigenvalue weighted by molar-refractivity contribution is -0.00953. The molecule has 0 saturated heterocycles. The van der Waals surface area contributed by atoms with E-state index in [2.05, 4.69) is 10.6 Å². The van der Waals surface area contributed by atoms with Crippen LogP contribution < -0.4 is 10.6 Å². The minimum Gasteiger partial charge on any atom is -0.335 e. The fraction of sp³-hybridized carbons (Fsp3) is 0.650. The average molecular weight is 360 g/mol. The minimum atomic E-state index is -0.171. The lowest BCUT2D eigenvalue weighted by Gasteiger charge is -2.54. The summed E-state index contributed by atoms with van der Waals surface area (Å²) in [4.78, 5) is 13.4. The van der Waals surface area contributed by atoms with Crippen molar-refractivity contribution in [2.24, 2.45) is 23.7 Å². The van der Waals surface area contributed by atoms with Gasteiger partial charge >= 0.3 is 6.03 Å². The van der Waals surface area contributed by atoms with Crippen molar-refractivity contribution in [3.05, 3.63) is 29.6 Å². The second-order valence-electron chi connectivity index (χ2n) is 8.42. The molecule has 1 unspecified atom stereocenters. The van der Waals surface area contributed by atoms with Gasteiger partial charge in [0, 0.05) is 16.7 Å². The zero-order valence-electron chi connectivity index (χ0n) is 14.3. The SMILES string of the molecule is O=C(NC1CCSc2c(F)cccc21)NC1C2CC3CC(C2)CC1C3. The summed E-state index contributed by atoms with van der Waals surface area (Å²) >= 11 is 1.55. The van der Waals surface area contributed by atoms with Crippen LogP contribution in [-0.2, 0) is 0 Å². The summed E-state index contributed by atoms with van der Waals surface area (Å²) in [5.41, 5.74) is 0.927. The fourth-order valence-corrected chi connectivity index (χ4v) is 7.19. The number of hydrogen-bond acceptors (Lipinski definition) is 2. The zero-order valence-corrected chi connectivity index (χ0v) is 15.2. The lowest BCUT2D eigenvalue weighted by atomic mass is 9.54. The number of thioether (sulfide) groups is 1. The largest absolute Gasteiger partial charge is 0.335 e. The Labute approximate surface area is 152 Å². The highest BCUT2D eigenvalue weighted by Gasteiger charge is 2.48. The van der Waals surface area contributed by atoms with Crippen molar-refractivity contribution in [2.45, 2.75) is 55.5 Å². The monoisotopic (exact) mass is 360 g/mol. The van der Waals surface area contributed by atoms with Crippen LogP contribution in [0.1, 0.15) is 50.1 Å². The summed E-state index contributed by atoms with van der Waals surface area (Å²) < 4.78 is 14.0. The first-order valence-electron chi connectivity index (χ1n) is 9.65. The maximum atomic E-state index is 14.0. The van der Waals surface area contributed by atoms with Crippen LogP contribution in [0.5, 0.6) is 0 Å². The van der Waals surface area contributed by atoms with Gasteiger partial charge in [-0.15, -0.1) is 11.8 Å². The van der Waals surface area contributed by atoms with Crippen molar-refractivity contribution < 1.29 is 9.18 Å². The van der Waals surface area contributed by atoms with E-state index < -0.39 is 0 Å². The number of nitrogens with one attached hydrogen (secondary N) is 2. The number of amides is 2. The van der Waals surface area contributed by atoms with Gasteiger partial charge < -0.3 is 10.6 Å². The van der Waals surface area contributed by atoms with Crippen LogP contribution in [-0.4, -0.2) is 17.8 Å². The fourth-order valence-electron chi connectivity index (χ4n) is 6.05. The molecule has 4 saturated carbocycles. The van der Waals surface area contributed by atoms with E-state index in [1.54, 1.807) is 17.8 Å². The summed E-state index contributed by atoms with van der Waals surface area (Å²) in [7, 11) is 0. The first-order valence-corrected chi connectivity index (χ1v) is 10.6. The number of benzene rings is 1. The van der Waals surface area contributed by atoms with E-state index in [0.29, 0.717) is 22.8 Å². The predicted molar refractivity (Wildman–Crippen MR) is 97.0 cm³/mol. The van der Waals surface area contributed by atoms with Crippen LogP contribution in [0.2, 0.25) is 0 Å². The molecule has 3 nitrogen and oxygen atoms in total. The van der Waals surface area contributed by atoms with Gasteiger partial charge in [-0.2, -0.15) is 0 Å². The second-order valence-corrected chi connectivity index (χ2v) is 9.53. The molecule has 4 aliphatic carbocycles. The Hall–Kier alpha value is -1.23. The van der Waals surface area contributed by atoms with Gasteiger partial charge in [0.15, 0.2) is 0 Å². The molecule has 0 spiro atoms. The van der Waals surface area contributed by atoms with Crippen molar-refractivity contribution in [2.75, 3.05) is 5.75 Å². The van der Waals surface area contributed by atoms with E-state index in [1.165, 1.54) is 38.2 Å². The highest BCUT2D eigenvalue weighted by atomic mass is 32.2. The molecule has 1 aliphatic heterocycles. The standard InChI is InChI=1S/C20H25FN2OS/c21-16-3-1-2-15-17(4-5-25-19(15)16)22-20(24)23-18-13-7-11-6-12(9-13)10-14(18)8-11/h1-3,11-14,17-18H,4-10H2,(H2,22,23,24). The molecule has 4 bridgehead atoms. The van der Waals surface area contributed by atoms with Crippen LogP contribution in [0.25, 0.3) is 0 Å². The smallest absolute Gasteiger partial charge is 0.315 e. The third-order valence-electron chi connectivity index (χ3n) is 6.86. The van der Waals surface area contributed by atoms with E-state index in [0.717, 1.165) is 29.6 Å². The van der Waals surface area contributed by atoms with E-state index in [1.807, 2.05) is 6.07 Å². The molecule has 25 heavy (non-hydrogen) atoms. The molecular weight excluding hydrogens is 335 g/mol. The van der Waals surface area contributed by atoms with E-state index in [9.17, 15) is 9.18 Å². The van der Waals surface area contributed by atoms with E-state index >= 15 is 0 Å². The number of fused-ring (bicyclic) bond motifs is 1. The Bertz CT molecular complexity index is 666. The van der Waals surface area contributed by atoms with Gasteiger partial charge in [-0.25, -0.2) is 9.18 Å². The zero-order chi connectivity index (χ0) is 17.0. The van der Waals surface area contributed by atoms with Crippen LogP contribution in [0, 0.1) is 29.5 Å². The van der Waals surface area contributed by atoms with Gasteiger partial charge in [-0.05, 0) is 73.8 Å². The Morgan fingerprint density at radius 1 is 1.04 bits per heavy atom. The molecule has 0 radical (unpaired) electrons.